The fourth-order valence-electron chi connectivity index (χ4n) is 4.00. The van der Waals surface area contributed by atoms with E-state index in [9.17, 15) is 0 Å². The second-order valence-electron chi connectivity index (χ2n) is 8.43. The van der Waals surface area contributed by atoms with Crippen molar-refractivity contribution in [3.63, 3.8) is 0 Å². The van der Waals surface area contributed by atoms with Gasteiger partial charge in [-0.1, -0.05) is 195 Å². The molecular weight excluding hydrogens is 509 g/mol. The molecule has 0 heterocycles. The standard InChI is InChI=1S/C13H28.C4H9.2C3H8.4C2H6.4CH4.Y/c1-9(2)13(10(3)4,11(5)6)12(7)8;1-4(2)3;2*1-3-2;4*1-2;;;;;/h9-12H,1-8H3;4H,1H2,2-3H3;2*3H2,1-2H3;4*1-2H3;4*1H4;/q;-1;;;;;;;;;;;. The third kappa shape index (κ3) is 64.8. The first-order chi connectivity index (χ1) is 14.3. The summed E-state index contributed by atoms with van der Waals surface area (Å²) in [5.74, 6) is 3.67. The van der Waals surface area contributed by atoms with Crippen LogP contribution in [0.25, 0.3) is 0 Å². The molecule has 1 heteroatoms. The van der Waals surface area contributed by atoms with Crippen LogP contribution >= 0.6 is 0 Å². The van der Waals surface area contributed by atoms with Crippen LogP contribution in [-0.4, -0.2) is 0 Å². The largest absolute Gasteiger partial charge is 0.341 e. The maximum Gasteiger partial charge on any atom is 0 e. The molecule has 0 N–H and O–H groups in total. The predicted molar refractivity (Wildman–Crippen MR) is 186 cm³/mol. The van der Waals surface area contributed by atoms with Crippen LogP contribution in [0, 0.1) is 41.9 Å². The van der Waals surface area contributed by atoms with Crippen LogP contribution in [0.5, 0.6) is 0 Å². The number of hydrogen-bond acceptors (Lipinski definition) is 0. The van der Waals surface area contributed by atoms with E-state index in [0.29, 0.717) is 11.3 Å². The fourth-order valence-corrected chi connectivity index (χ4v) is 4.00. The Balaban J connectivity index is -0.0000000179. The molecule has 0 bridgehead atoms. The van der Waals surface area contributed by atoms with E-state index < -0.39 is 0 Å². The van der Waals surface area contributed by atoms with Crippen molar-refractivity contribution in [2.75, 3.05) is 0 Å². The van der Waals surface area contributed by atoms with Crippen molar-refractivity contribution >= 4 is 0 Å². The van der Waals surface area contributed by atoms with Crippen molar-refractivity contribution in [1.29, 1.82) is 0 Å². The molecule has 0 rings (SSSR count). The van der Waals surface area contributed by atoms with E-state index >= 15 is 0 Å². The average molecular weight is 603 g/mol. The van der Waals surface area contributed by atoms with Crippen molar-refractivity contribution in [3.8, 4) is 0 Å². The van der Waals surface area contributed by atoms with Gasteiger partial charge in [0, 0.05) is 32.7 Å². The minimum absolute atomic E-state index is 0. The van der Waals surface area contributed by atoms with Gasteiger partial charge in [-0.15, -0.1) is 0 Å². The van der Waals surface area contributed by atoms with Crippen LogP contribution in [0.15, 0.2) is 0 Å². The summed E-state index contributed by atoms with van der Waals surface area (Å²) in [6.07, 6.45) is 2.50. The first-order valence-electron chi connectivity index (χ1n) is 14.2. The van der Waals surface area contributed by atoms with Gasteiger partial charge in [0.25, 0.3) is 0 Å². The second kappa shape index (κ2) is 76.6. The molecule has 0 atom stereocenters. The van der Waals surface area contributed by atoms with E-state index in [-0.39, 0.29) is 62.4 Å². The van der Waals surface area contributed by atoms with Gasteiger partial charge in [0.15, 0.2) is 0 Å². The molecule has 1 radical (unpaired) electrons. The van der Waals surface area contributed by atoms with Gasteiger partial charge in [-0.2, -0.15) is 5.92 Å². The number of hydrogen-bond donors (Lipinski definition) is 0. The molecule has 0 saturated heterocycles. The Morgan fingerprint density at radius 3 is 0.472 bits per heavy atom. The van der Waals surface area contributed by atoms with Gasteiger partial charge < -0.3 is 6.92 Å². The van der Waals surface area contributed by atoms with Crippen LogP contribution in [0.2, 0.25) is 0 Å². The van der Waals surface area contributed by atoms with Crippen molar-refractivity contribution < 1.29 is 32.7 Å². The average Bonchev–Trinajstić information content (AvgIpc) is 2.68. The molecule has 0 unspecified atom stereocenters. The van der Waals surface area contributed by atoms with E-state index in [1.807, 2.05) is 55.4 Å². The Labute approximate surface area is 268 Å². The molecule has 237 valence electrons. The van der Waals surface area contributed by atoms with Crippen LogP contribution in [0.3, 0.4) is 0 Å². The molecule has 0 aromatic carbocycles. The Kier molecular flexibility index (Phi) is 177. The van der Waals surface area contributed by atoms with Gasteiger partial charge in [0.05, 0.1) is 0 Å². The number of rotatable bonds is 4. The minimum atomic E-state index is 0. The zero-order chi connectivity index (χ0) is 27.8. The zero-order valence-electron chi connectivity index (χ0n) is 28.1. The molecule has 0 saturated carbocycles. The van der Waals surface area contributed by atoms with Crippen LogP contribution in [0.1, 0.15) is 195 Å². The minimum Gasteiger partial charge on any atom is -0.341 e. The van der Waals surface area contributed by atoms with Crippen LogP contribution < -0.4 is 0 Å². The normalized spacial score (nSPS) is 7.67. The summed E-state index contributed by atoms with van der Waals surface area (Å²) in [5.41, 5.74) is 0.500. The van der Waals surface area contributed by atoms with Gasteiger partial charge in [0.1, 0.15) is 0 Å². The van der Waals surface area contributed by atoms with Gasteiger partial charge in [-0.05, 0) is 29.1 Å². The summed E-state index contributed by atoms with van der Waals surface area (Å²) in [4.78, 5) is 0. The van der Waals surface area contributed by atoms with Gasteiger partial charge in [-0.25, -0.2) is 0 Å². The SMILES string of the molecule is C.C.C.C.CC.CC.CC.CC.CC(C)C(C(C)C)(C(C)C)C(C)C.CCC.CCC.[CH2-]C(C)C.[Y]. The molecule has 0 aliphatic heterocycles. The Morgan fingerprint density at radius 1 is 0.417 bits per heavy atom. The van der Waals surface area contributed by atoms with E-state index in [1.165, 1.54) is 12.8 Å². The maximum absolute atomic E-state index is 3.64. The zero-order valence-corrected chi connectivity index (χ0v) is 30.9. The van der Waals surface area contributed by atoms with E-state index in [2.05, 4.69) is 104 Å². The van der Waals surface area contributed by atoms with E-state index in [4.69, 9.17) is 0 Å². The summed E-state index contributed by atoms with van der Waals surface area (Å²) in [6, 6.07) is 0. The molecule has 0 nitrogen and oxygen atoms in total. The quantitative estimate of drug-likeness (QED) is 0.281. The van der Waals surface area contributed by atoms with Gasteiger partial charge >= 0.3 is 0 Å². The topological polar surface area (TPSA) is 0 Å². The first-order valence-corrected chi connectivity index (χ1v) is 14.2. The summed E-state index contributed by atoms with van der Waals surface area (Å²) >= 11 is 0. The molecule has 36 heavy (non-hydrogen) atoms. The fraction of sp³-hybridized carbons (Fsp3) is 0.971. The Hall–Kier alpha value is 1.10. The van der Waals surface area contributed by atoms with Crippen LogP contribution in [0.4, 0.5) is 0 Å². The van der Waals surface area contributed by atoms with Crippen molar-refractivity contribution in [1.82, 2.24) is 0 Å². The Morgan fingerprint density at radius 2 is 0.472 bits per heavy atom. The summed E-state index contributed by atoms with van der Waals surface area (Å²) in [5, 5.41) is 0. The monoisotopic (exact) mass is 603 g/mol. The molecule has 0 aliphatic carbocycles. The molecule has 0 aromatic heterocycles. The second-order valence-corrected chi connectivity index (χ2v) is 8.43. The molecule has 0 amide bonds. The van der Waals surface area contributed by atoms with Gasteiger partial charge in [-0.3, -0.25) is 0 Å². The molecule has 0 fully saturated rings. The molecule has 0 aliphatic rings. The first kappa shape index (κ1) is 83.2. The van der Waals surface area contributed by atoms with Crippen molar-refractivity contribution in [2.24, 2.45) is 35.0 Å². The Bertz CT molecular complexity index is 160. The summed E-state index contributed by atoms with van der Waals surface area (Å²) in [7, 11) is 0. The smallest absolute Gasteiger partial charge is 0 e. The predicted octanol–water partition coefficient (Wildman–Crippen LogP) is 15.6. The van der Waals surface area contributed by atoms with Gasteiger partial charge in [0.2, 0.25) is 0 Å². The third-order valence-electron chi connectivity index (χ3n) is 4.00. The molecule has 0 spiro atoms. The third-order valence-corrected chi connectivity index (χ3v) is 4.00. The van der Waals surface area contributed by atoms with Crippen molar-refractivity contribution in [2.45, 2.75) is 195 Å². The van der Waals surface area contributed by atoms with Crippen molar-refractivity contribution in [3.05, 3.63) is 6.92 Å². The van der Waals surface area contributed by atoms with E-state index in [1.54, 1.807) is 0 Å². The van der Waals surface area contributed by atoms with Crippen LogP contribution in [-0.2, 0) is 32.7 Å². The maximum atomic E-state index is 3.64. The molecule has 0 aromatic rings. The summed E-state index contributed by atoms with van der Waals surface area (Å²) < 4.78 is 0. The van der Waals surface area contributed by atoms with E-state index in [0.717, 1.165) is 23.7 Å². The summed E-state index contributed by atoms with van der Waals surface area (Å²) in [6.45, 7) is 51.2. The molecular formula is C35H93Y-.